The van der Waals surface area contributed by atoms with Gasteiger partial charge in [-0.15, -0.1) is 0 Å². The van der Waals surface area contributed by atoms with E-state index in [0.29, 0.717) is 33.6 Å². The lowest BCUT2D eigenvalue weighted by Crippen LogP contribution is -2.30. The number of carbonyl (C=O) groups excluding carboxylic acids is 2. The molecule has 3 heterocycles. The highest BCUT2D eigenvalue weighted by Gasteiger charge is 2.27. The number of aromatic nitrogens is 3. The van der Waals surface area contributed by atoms with Crippen LogP contribution in [0.15, 0.2) is 66.4 Å². The SMILES string of the molecule is C=Cc1cc(C(C)(C)C)cc(F)c1C(=O)N(C)c1nccc(-c2cc(Nc3ccc(C(=O)N(C)C)cn3)c(=O)n(C)c2)c1COC. The van der Waals surface area contributed by atoms with Gasteiger partial charge < -0.3 is 19.5 Å². The number of pyridine rings is 3. The molecule has 0 unspecified atom stereocenters. The molecule has 1 N–H and O–H groups in total. The number of rotatable bonds is 9. The Kier molecular flexibility index (Phi) is 9.86. The third kappa shape index (κ3) is 6.89. The number of nitrogens with zero attached hydrogens (tertiary/aromatic N) is 5. The Labute approximate surface area is 268 Å². The van der Waals surface area contributed by atoms with Crippen LogP contribution in [0.5, 0.6) is 0 Å². The van der Waals surface area contributed by atoms with Crippen LogP contribution in [0.1, 0.15) is 58.2 Å². The molecule has 2 amide bonds. The largest absolute Gasteiger partial charge is 0.380 e. The van der Waals surface area contributed by atoms with Crippen LogP contribution in [0.2, 0.25) is 0 Å². The highest BCUT2D eigenvalue weighted by Crippen LogP contribution is 2.33. The second-order valence-electron chi connectivity index (χ2n) is 12.1. The van der Waals surface area contributed by atoms with Crippen LogP contribution in [-0.4, -0.2) is 59.5 Å². The van der Waals surface area contributed by atoms with Gasteiger partial charge in [0, 0.05) is 65.0 Å². The molecule has 0 atom stereocenters. The van der Waals surface area contributed by atoms with Crippen LogP contribution in [-0.2, 0) is 23.8 Å². The van der Waals surface area contributed by atoms with Crippen LogP contribution in [0.3, 0.4) is 0 Å². The first-order valence-electron chi connectivity index (χ1n) is 14.5. The maximum atomic E-state index is 15.5. The molecular formula is C35H39FN6O4. The van der Waals surface area contributed by atoms with Gasteiger partial charge in [-0.1, -0.05) is 39.5 Å². The van der Waals surface area contributed by atoms with Gasteiger partial charge >= 0.3 is 0 Å². The molecule has 1 aromatic carbocycles. The molecule has 0 aliphatic carbocycles. The molecule has 0 aliphatic rings. The van der Waals surface area contributed by atoms with E-state index in [4.69, 9.17) is 4.74 Å². The molecular weight excluding hydrogens is 587 g/mol. The second-order valence-corrected chi connectivity index (χ2v) is 12.1. The van der Waals surface area contributed by atoms with Crippen molar-refractivity contribution in [1.82, 2.24) is 19.4 Å². The number of nitrogens with one attached hydrogen (secondary N) is 1. The predicted octanol–water partition coefficient (Wildman–Crippen LogP) is 5.79. The Morgan fingerprint density at radius 1 is 1.09 bits per heavy atom. The fraction of sp³-hybridized carbons (Fsp3) is 0.286. The molecule has 0 aliphatic heterocycles. The van der Waals surface area contributed by atoms with Gasteiger partial charge in [-0.05, 0) is 52.4 Å². The minimum Gasteiger partial charge on any atom is -0.380 e. The first-order chi connectivity index (χ1) is 21.7. The van der Waals surface area contributed by atoms with Crippen molar-refractivity contribution in [1.29, 1.82) is 0 Å². The molecule has 0 bridgehead atoms. The van der Waals surface area contributed by atoms with Gasteiger partial charge in [0.25, 0.3) is 17.4 Å². The fourth-order valence-corrected chi connectivity index (χ4v) is 4.98. The number of amides is 2. The number of ether oxygens (including phenoxy) is 1. The molecule has 0 spiro atoms. The van der Waals surface area contributed by atoms with Crippen LogP contribution < -0.4 is 15.8 Å². The molecule has 0 fully saturated rings. The van der Waals surface area contributed by atoms with Gasteiger partial charge in [-0.3, -0.25) is 19.3 Å². The van der Waals surface area contributed by atoms with Gasteiger partial charge in [-0.25, -0.2) is 14.4 Å². The Hall–Kier alpha value is -5.16. The molecule has 46 heavy (non-hydrogen) atoms. The molecule has 0 saturated carbocycles. The summed E-state index contributed by atoms with van der Waals surface area (Å²) in [5.41, 5.74) is 2.87. The first kappa shape index (κ1) is 33.7. The zero-order valence-electron chi connectivity index (χ0n) is 27.4. The van der Waals surface area contributed by atoms with Gasteiger partial charge in [0.15, 0.2) is 0 Å². The summed E-state index contributed by atoms with van der Waals surface area (Å²) in [4.78, 5) is 50.7. The first-order valence-corrected chi connectivity index (χ1v) is 14.5. The van der Waals surface area contributed by atoms with Crippen molar-refractivity contribution in [2.45, 2.75) is 32.8 Å². The number of halogens is 1. The summed E-state index contributed by atoms with van der Waals surface area (Å²) in [7, 11) is 7.98. The lowest BCUT2D eigenvalue weighted by molar-refractivity contribution is 0.0827. The van der Waals surface area contributed by atoms with E-state index in [9.17, 15) is 14.4 Å². The highest BCUT2D eigenvalue weighted by atomic mass is 19.1. The summed E-state index contributed by atoms with van der Waals surface area (Å²) < 4.78 is 22.5. The molecule has 3 aromatic heterocycles. The van der Waals surface area contributed by atoms with E-state index >= 15 is 4.39 Å². The van der Waals surface area contributed by atoms with Crippen molar-refractivity contribution < 1.29 is 18.7 Å². The van der Waals surface area contributed by atoms with Crippen LogP contribution in [0, 0.1) is 5.82 Å². The maximum Gasteiger partial charge on any atom is 0.274 e. The van der Waals surface area contributed by atoms with Crippen molar-refractivity contribution in [2.75, 3.05) is 38.5 Å². The third-order valence-corrected chi connectivity index (χ3v) is 7.54. The molecule has 0 saturated heterocycles. The van der Waals surface area contributed by atoms with E-state index in [0.717, 1.165) is 5.56 Å². The van der Waals surface area contributed by atoms with E-state index in [1.54, 1.807) is 63.9 Å². The number of hydrogen-bond acceptors (Lipinski definition) is 7. The minimum absolute atomic E-state index is 0.0738. The summed E-state index contributed by atoms with van der Waals surface area (Å²) in [5.74, 6) is -0.792. The lowest BCUT2D eigenvalue weighted by atomic mass is 9.84. The fourth-order valence-electron chi connectivity index (χ4n) is 4.98. The average molecular weight is 627 g/mol. The molecule has 4 aromatic rings. The van der Waals surface area contributed by atoms with E-state index < -0.39 is 11.7 Å². The molecule has 4 rings (SSSR count). The van der Waals surface area contributed by atoms with Crippen molar-refractivity contribution in [2.24, 2.45) is 7.05 Å². The second kappa shape index (κ2) is 13.5. The molecule has 0 radical (unpaired) electrons. The highest BCUT2D eigenvalue weighted by molar-refractivity contribution is 6.08. The van der Waals surface area contributed by atoms with Crippen LogP contribution in [0.25, 0.3) is 17.2 Å². The Bertz CT molecular complexity index is 1860. The van der Waals surface area contributed by atoms with Crippen molar-refractivity contribution >= 4 is 35.2 Å². The van der Waals surface area contributed by atoms with Crippen LogP contribution in [0.4, 0.5) is 21.7 Å². The Balaban J connectivity index is 1.76. The van der Waals surface area contributed by atoms with Crippen LogP contribution >= 0.6 is 0 Å². The number of hydrogen-bond donors (Lipinski definition) is 1. The summed E-state index contributed by atoms with van der Waals surface area (Å²) in [6.45, 7) is 9.79. The Morgan fingerprint density at radius 3 is 2.39 bits per heavy atom. The summed E-state index contributed by atoms with van der Waals surface area (Å²) >= 11 is 0. The number of benzene rings is 1. The zero-order valence-corrected chi connectivity index (χ0v) is 27.4. The standard InChI is InChI=1S/C35H39FN6O4/c1-10-21-15-24(35(2,3)4)17-27(36)30(21)34(45)42(8)31-26(20-46-9)25(13-14-37-31)23-16-28(33(44)41(7)19-23)39-29-12-11-22(18-38-29)32(43)40(5)6/h10-19H,1,20H2,2-9H3,(H,38,39). The molecule has 10 nitrogen and oxygen atoms in total. The lowest BCUT2D eigenvalue weighted by Gasteiger charge is -2.24. The number of methoxy groups -OCH3 is 1. The minimum atomic E-state index is -0.648. The molecule has 11 heteroatoms. The van der Waals surface area contributed by atoms with E-state index in [-0.39, 0.29) is 40.6 Å². The summed E-state index contributed by atoms with van der Waals surface area (Å²) in [5, 5.41) is 3.05. The number of aryl methyl sites for hydroxylation is 1. The van der Waals surface area contributed by atoms with Gasteiger partial charge in [0.2, 0.25) is 0 Å². The van der Waals surface area contributed by atoms with E-state index in [1.165, 1.54) is 46.9 Å². The van der Waals surface area contributed by atoms with Gasteiger partial charge in [0.1, 0.15) is 23.1 Å². The smallest absolute Gasteiger partial charge is 0.274 e. The quantitative estimate of drug-likeness (QED) is 0.251. The number of carbonyl (C=O) groups is 2. The summed E-state index contributed by atoms with van der Waals surface area (Å²) in [6.07, 6.45) is 6.12. The van der Waals surface area contributed by atoms with Gasteiger partial charge in [-0.2, -0.15) is 0 Å². The summed E-state index contributed by atoms with van der Waals surface area (Å²) in [6, 6.07) is 9.84. The maximum absolute atomic E-state index is 15.5. The molecule has 240 valence electrons. The van der Waals surface area contributed by atoms with E-state index in [2.05, 4.69) is 21.9 Å². The van der Waals surface area contributed by atoms with Gasteiger partial charge in [0.05, 0.1) is 17.7 Å². The monoisotopic (exact) mass is 626 g/mol. The van der Waals surface area contributed by atoms with Crippen molar-refractivity contribution in [3.63, 3.8) is 0 Å². The van der Waals surface area contributed by atoms with Crippen molar-refractivity contribution in [3.8, 4) is 11.1 Å². The zero-order chi connectivity index (χ0) is 33.9. The number of anilines is 3. The predicted molar refractivity (Wildman–Crippen MR) is 179 cm³/mol. The topological polar surface area (TPSA) is 110 Å². The Morgan fingerprint density at radius 2 is 1.80 bits per heavy atom. The van der Waals surface area contributed by atoms with Crippen molar-refractivity contribution in [3.05, 3.63) is 106 Å². The van der Waals surface area contributed by atoms with E-state index in [1.807, 2.05) is 20.8 Å². The third-order valence-electron chi connectivity index (χ3n) is 7.54. The normalized spacial score (nSPS) is 11.2. The average Bonchev–Trinajstić information content (AvgIpc) is 3.01.